The fraction of sp³-hybridized carbons (Fsp3) is 0.333. The number of benzene rings is 2. The number of amides is 1. The van der Waals surface area contributed by atoms with Crippen LogP contribution in [0, 0.1) is 0 Å². The highest BCUT2D eigenvalue weighted by atomic mass is 35.5. The van der Waals surface area contributed by atoms with E-state index in [1.165, 1.54) is 11.3 Å². The summed E-state index contributed by atoms with van der Waals surface area (Å²) in [5, 5.41) is 4.93. The lowest BCUT2D eigenvalue weighted by Gasteiger charge is -2.37. The molecule has 1 fully saturated rings. The van der Waals surface area contributed by atoms with Crippen LogP contribution in [0.4, 0.5) is 5.82 Å². The Bertz CT molecular complexity index is 1380. The summed E-state index contributed by atoms with van der Waals surface area (Å²) in [5.74, 6) is 0.954. The molecule has 5 nitrogen and oxygen atoms in total. The Balaban J connectivity index is 1.45. The Hall–Kier alpha value is -2.93. The minimum absolute atomic E-state index is 0.0292. The van der Waals surface area contributed by atoms with Crippen molar-refractivity contribution in [3.8, 4) is 11.1 Å². The van der Waals surface area contributed by atoms with Gasteiger partial charge >= 0.3 is 0 Å². The number of aromatic nitrogens is 1. The molecule has 0 aliphatic heterocycles. The average molecular weight is 533 g/mol. The number of hydrogen-bond acceptors (Lipinski definition) is 5. The molecule has 2 aromatic carbocycles. The standard InChI is InChI=1S/C30H33ClN4OS/c1-32-23-12-14-24(15-13-23)35(30(36)29-28(31)25-9-4-5-10-26(25)37-29)19-20-7-6-8-21(17-20)22-11-16-27(33-18-22)34(2)3/h4-11,16-18,23-24,32H,12-15,19H2,1-3H3. The summed E-state index contributed by atoms with van der Waals surface area (Å²) in [6.45, 7) is 0.551. The molecule has 0 spiro atoms. The van der Waals surface area contributed by atoms with Crippen LogP contribution in [0.2, 0.25) is 5.02 Å². The molecule has 7 heteroatoms. The minimum Gasteiger partial charge on any atom is -0.363 e. The number of thiophene rings is 1. The molecular formula is C30H33ClN4OS. The third kappa shape index (κ3) is 5.52. The maximum absolute atomic E-state index is 14.1. The lowest BCUT2D eigenvalue weighted by atomic mass is 9.89. The van der Waals surface area contributed by atoms with Gasteiger partial charge in [0, 0.05) is 54.6 Å². The van der Waals surface area contributed by atoms with Crippen LogP contribution < -0.4 is 10.2 Å². The third-order valence-corrected chi connectivity index (χ3v) is 9.02. The molecule has 0 bridgehead atoms. The fourth-order valence-electron chi connectivity index (χ4n) is 5.19. The van der Waals surface area contributed by atoms with Crippen molar-refractivity contribution in [3.05, 3.63) is 82.3 Å². The highest BCUT2D eigenvalue weighted by Crippen LogP contribution is 2.37. The molecule has 4 aromatic rings. The molecule has 2 aromatic heterocycles. The topological polar surface area (TPSA) is 48.5 Å². The van der Waals surface area contributed by atoms with Crippen LogP contribution in [0.5, 0.6) is 0 Å². The zero-order valence-corrected chi connectivity index (χ0v) is 23.1. The van der Waals surface area contributed by atoms with Crippen LogP contribution in [-0.2, 0) is 6.54 Å². The second-order valence-electron chi connectivity index (χ2n) is 9.97. The monoisotopic (exact) mass is 532 g/mol. The molecule has 1 aliphatic carbocycles. The van der Waals surface area contributed by atoms with Gasteiger partial charge in [0.15, 0.2) is 0 Å². The first-order valence-electron chi connectivity index (χ1n) is 12.8. The van der Waals surface area contributed by atoms with E-state index in [0.717, 1.165) is 58.3 Å². The van der Waals surface area contributed by atoms with Crippen molar-refractivity contribution in [2.45, 2.75) is 44.3 Å². The van der Waals surface area contributed by atoms with Crippen LogP contribution in [0.3, 0.4) is 0 Å². The molecule has 1 N–H and O–H groups in total. The summed E-state index contributed by atoms with van der Waals surface area (Å²) in [4.78, 5) is 23.3. The van der Waals surface area contributed by atoms with Crippen molar-refractivity contribution < 1.29 is 4.79 Å². The second-order valence-corrected chi connectivity index (χ2v) is 11.4. The van der Waals surface area contributed by atoms with Crippen molar-refractivity contribution in [2.75, 3.05) is 26.0 Å². The summed E-state index contributed by atoms with van der Waals surface area (Å²) in [6.07, 6.45) is 6.00. The van der Waals surface area contributed by atoms with E-state index in [1.807, 2.05) is 62.6 Å². The molecule has 1 aliphatic rings. The van der Waals surface area contributed by atoms with E-state index in [0.29, 0.717) is 22.5 Å². The highest BCUT2D eigenvalue weighted by molar-refractivity contribution is 7.21. The van der Waals surface area contributed by atoms with Crippen molar-refractivity contribution in [3.63, 3.8) is 0 Å². The summed E-state index contributed by atoms with van der Waals surface area (Å²) in [7, 11) is 6.00. The fourth-order valence-corrected chi connectivity index (χ4v) is 6.66. The highest BCUT2D eigenvalue weighted by Gasteiger charge is 2.31. The number of anilines is 1. The number of carbonyl (C=O) groups is 1. The third-order valence-electron chi connectivity index (χ3n) is 7.36. The number of rotatable bonds is 7. The molecule has 5 rings (SSSR count). The van der Waals surface area contributed by atoms with Gasteiger partial charge in [0.05, 0.1) is 5.02 Å². The molecule has 37 heavy (non-hydrogen) atoms. The summed E-state index contributed by atoms with van der Waals surface area (Å²) in [6, 6.07) is 21.3. The number of nitrogens with one attached hydrogen (secondary N) is 1. The predicted molar refractivity (Wildman–Crippen MR) is 156 cm³/mol. The van der Waals surface area contributed by atoms with Crippen LogP contribution in [-0.4, -0.2) is 49.0 Å². The molecular weight excluding hydrogens is 500 g/mol. The van der Waals surface area contributed by atoms with Gasteiger partial charge in [-0.3, -0.25) is 4.79 Å². The van der Waals surface area contributed by atoms with E-state index < -0.39 is 0 Å². The maximum atomic E-state index is 14.1. The largest absolute Gasteiger partial charge is 0.363 e. The lowest BCUT2D eigenvalue weighted by molar-refractivity contribution is 0.0606. The van der Waals surface area contributed by atoms with Gasteiger partial charge in [0.25, 0.3) is 5.91 Å². The minimum atomic E-state index is 0.0292. The quantitative estimate of drug-likeness (QED) is 0.282. The Morgan fingerprint density at radius 2 is 1.81 bits per heavy atom. The van der Waals surface area contributed by atoms with Gasteiger partial charge in [-0.2, -0.15) is 0 Å². The first-order valence-corrected chi connectivity index (χ1v) is 14.0. The van der Waals surface area contributed by atoms with Crippen LogP contribution in [0.15, 0.2) is 66.9 Å². The van der Waals surface area contributed by atoms with E-state index in [4.69, 9.17) is 11.6 Å². The number of halogens is 1. The Morgan fingerprint density at radius 3 is 2.49 bits per heavy atom. The van der Waals surface area contributed by atoms with Gasteiger partial charge in [0.1, 0.15) is 10.7 Å². The van der Waals surface area contributed by atoms with Crippen molar-refractivity contribution in [1.29, 1.82) is 0 Å². The molecule has 1 saturated carbocycles. The van der Waals surface area contributed by atoms with Crippen LogP contribution in [0.1, 0.15) is 40.9 Å². The first kappa shape index (κ1) is 25.7. The van der Waals surface area contributed by atoms with E-state index in [2.05, 4.69) is 45.5 Å². The predicted octanol–water partition coefficient (Wildman–Crippen LogP) is 6.86. The van der Waals surface area contributed by atoms with Gasteiger partial charge in [-0.25, -0.2) is 4.98 Å². The van der Waals surface area contributed by atoms with E-state index in [9.17, 15) is 4.79 Å². The maximum Gasteiger partial charge on any atom is 0.266 e. The normalized spacial score (nSPS) is 17.6. The number of carbonyl (C=O) groups excluding carboxylic acids is 1. The molecule has 1 amide bonds. The van der Waals surface area contributed by atoms with Crippen molar-refractivity contribution in [2.24, 2.45) is 0 Å². The van der Waals surface area contributed by atoms with Crippen LogP contribution in [0.25, 0.3) is 21.2 Å². The van der Waals surface area contributed by atoms with Crippen molar-refractivity contribution >= 4 is 44.7 Å². The number of pyridine rings is 1. The van der Waals surface area contributed by atoms with Gasteiger partial charge in [0.2, 0.25) is 0 Å². The van der Waals surface area contributed by atoms with Gasteiger partial charge in [-0.05, 0) is 68.1 Å². The molecule has 0 atom stereocenters. The average Bonchev–Trinajstić information content (AvgIpc) is 3.28. The van der Waals surface area contributed by atoms with E-state index >= 15 is 0 Å². The lowest BCUT2D eigenvalue weighted by Crippen LogP contribution is -2.44. The SMILES string of the molecule is CNC1CCC(N(Cc2cccc(-c3ccc(N(C)C)nc3)c2)C(=O)c2sc3ccccc3c2Cl)CC1. The number of hydrogen-bond donors (Lipinski definition) is 1. The van der Waals surface area contributed by atoms with E-state index in [-0.39, 0.29) is 11.9 Å². The molecule has 0 radical (unpaired) electrons. The van der Waals surface area contributed by atoms with Gasteiger partial charge < -0.3 is 15.1 Å². The zero-order chi connectivity index (χ0) is 25.9. The summed E-state index contributed by atoms with van der Waals surface area (Å²) < 4.78 is 1.05. The Kier molecular flexibility index (Phi) is 7.79. The molecule has 0 saturated heterocycles. The second kappa shape index (κ2) is 11.2. The summed E-state index contributed by atoms with van der Waals surface area (Å²) in [5.41, 5.74) is 3.27. The molecule has 2 heterocycles. The van der Waals surface area contributed by atoms with Gasteiger partial charge in [-0.15, -0.1) is 11.3 Å². The van der Waals surface area contributed by atoms with Gasteiger partial charge in [-0.1, -0.05) is 48.0 Å². The number of nitrogens with zero attached hydrogens (tertiary/aromatic N) is 3. The zero-order valence-electron chi connectivity index (χ0n) is 21.6. The van der Waals surface area contributed by atoms with Crippen molar-refractivity contribution in [1.82, 2.24) is 15.2 Å². The smallest absolute Gasteiger partial charge is 0.266 e. The Morgan fingerprint density at radius 1 is 1.03 bits per heavy atom. The number of fused-ring (bicyclic) bond motifs is 1. The summed E-state index contributed by atoms with van der Waals surface area (Å²) >= 11 is 8.26. The first-order chi connectivity index (χ1) is 17.9. The van der Waals surface area contributed by atoms with E-state index in [1.54, 1.807) is 0 Å². The molecule has 192 valence electrons. The molecule has 0 unspecified atom stereocenters. The Labute approximate surface area is 228 Å². The van der Waals surface area contributed by atoms with Crippen LogP contribution >= 0.6 is 22.9 Å².